The Labute approximate surface area is 102 Å². The second-order valence-corrected chi connectivity index (χ2v) is 3.47. The van der Waals surface area contributed by atoms with Crippen LogP contribution in [0.15, 0.2) is 30.3 Å². The Morgan fingerprint density at radius 2 is 2.00 bits per heavy atom. The van der Waals surface area contributed by atoms with Gasteiger partial charge in [0.15, 0.2) is 6.04 Å². The molecule has 0 aliphatic heterocycles. The number of ether oxygens (including phenoxy) is 1. The van der Waals surface area contributed by atoms with E-state index in [-0.39, 0.29) is 24.4 Å². The van der Waals surface area contributed by atoms with Gasteiger partial charge in [0.25, 0.3) is 0 Å². The molecule has 1 aromatic carbocycles. The largest absolute Gasteiger partial charge is 1.00 e. The molecule has 90 valence electrons. The molecule has 3 nitrogen and oxygen atoms in total. The number of quaternary nitrogens is 1. The van der Waals surface area contributed by atoms with Crippen LogP contribution in [0.25, 0.3) is 0 Å². The highest BCUT2D eigenvalue weighted by atomic mass is 35.5. The molecular weight excluding hydrogens is 227 g/mol. The number of carbonyl (C=O) groups is 1. The first-order chi connectivity index (χ1) is 7.24. The molecule has 0 aliphatic rings. The quantitative estimate of drug-likeness (QED) is 0.472. The van der Waals surface area contributed by atoms with E-state index in [1.54, 1.807) is 0 Å². The van der Waals surface area contributed by atoms with Crippen molar-refractivity contribution >= 4 is 5.97 Å². The summed E-state index contributed by atoms with van der Waals surface area (Å²) in [4.78, 5) is 11.3. The number of halogens is 1. The molecule has 0 fully saturated rings. The van der Waals surface area contributed by atoms with Gasteiger partial charge in [0.05, 0.1) is 6.61 Å². The van der Waals surface area contributed by atoms with E-state index in [9.17, 15) is 4.79 Å². The molecule has 0 saturated carbocycles. The molecule has 4 heteroatoms. The molecule has 0 radical (unpaired) electrons. The lowest BCUT2D eigenvalue weighted by Crippen LogP contribution is -3.00. The minimum absolute atomic E-state index is 0. The van der Waals surface area contributed by atoms with E-state index in [1.165, 1.54) is 5.56 Å². The van der Waals surface area contributed by atoms with Gasteiger partial charge in [-0.3, -0.25) is 0 Å². The van der Waals surface area contributed by atoms with Crippen molar-refractivity contribution in [1.29, 1.82) is 0 Å². The molecular formula is C12H18ClNO2. The molecule has 0 bridgehead atoms. The van der Waals surface area contributed by atoms with E-state index in [0.29, 0.717) is 6.61 Å². The van der Waals surface area contributed by atoms with Gasteiger partial charge in [0, 0.05) is 6.42 Å². The first-order valence-corrected chi connectivity index (χ1v) is 5.27. The van der Waals surface area contributed by atoms with Gasteiger partial charge in [0.1, 0.15) is 0 Å². The van der Waals surface area contributed by atoms with Gasteiger partial charge in [-0.2, -0.15) is 0 Å². The third kappa shape index (κ3) is 5.14. The van der Waals surface area contributed by atoms with Gasteiger partial charge in [-0.1, -0.05) is 30.3 Å². The van der Waals surface area contributed by atoms with Crippen molar-refractivity contribution in [2.75, 3.05) is 6.61 Å². The second-order valence-electron chi connectivity index (χ2n) is 3.47. The monoisotopic (exact) mass is 244 g/mol. The lowest BCUT2D eigenvalue weighted by Gasteiger charge is -2.07. The van der Waals surface area contributed by atoms with Crippen LogP contribution in [0.2, 0.25) is 0 Å². The molecule has 0 aliphatic carbocycles. The van der Waals surface area contributed by atoms with Crippen molar-refractivity contribution < 1.29 is 27.7 Å². The van der Waals surface area contributed by atoms with E-state index in [1.807, 2.05) is 25.1 Å². The third-order valence-corrected chi connectivity index (χ3v) is 2.24. The number of hydrogen-bond donors (Lipinski definition) is 1. The average Bonchev–Trinajstić information content (AvgIpc) is 2.27. The SMILES string of the molecule is CCO[13C](=O)C([NH3+])CCc1ccccc1.[Cl-]. The van der Waals surface area contributed by atoms with Crippen LogP contribution in [0.5, 0.6) is 0 Å². The third-order valence-electron chi connectivity index (χ3n) is 2.24. The summed E-state index contributed by atoms with van der Waals surface area (Å²) >= 11 is 0. The van der Waals surface area contributed by atoms with Crippen molar-refractivity contribution in [1.82, 2.24) is 0 Å². The lowest BCUT2D eigenvalue weighted by atomic mass is 10.1. The minimum Gasteiger partial charge on any atom is -1.00 e. The lowest BCUT2D eigenvalue weighted by molar-refractivity contribution is -0.409. The number of carbonyl (C=O) groups excluding carboxylic acids is 1. The smallest absolute Gasteiger partial charge is 0.364 e. The predicted molar refractivity (Wildman–Crippen MR) is 58.1 cm³/mol. The Hall–Kier alpha value is -1.06. The second kappa shape index (κ2) is 8.13. The number of aryl methyl sites for hydroxylation is 1. The maximum Gasteiger partial charge on any atom is 0.364 e. The molecule has 16 heavy (non-hydrogen) atoms. The Bertz CT molecular complexity index is 303. The zero-order valence-electron chi connectivity index (χ0n) is 9.49. The molecule has 0 amide bonds. The normalized spacial score (nSPS) is 11.4. The predicted octanol–water partition coefficient (Wildman–Crippen LogP) is -2.20. The number of hydrogen-bond acceptors (Lipinski definition) is 2. The van der Waals surface area contributed by atoms with Gasteiger partial charge >= 0.3 is 5.97 Å². The van der Waals surface area contributed by atoms with Crippen molar-refractivity contribution in [2.45, 2.75) is 25.8 Å². The fourth-order valence-corrected chi connectivity index (χ4v) is 1.36. The first-order valence-electron chi connectivity index (χ1n) is 5.27. The number of benzene rings is 1. The molecule has 0 saturated heterocycles. The summed E-state index contributed by atoms with van der Waals surface area (Å²) in [5, 5.41) is 0. The van der Waals surface area contributed by atoms with Crippen molar-refractivity contribution in [3.8, 4) is 0 Å². The molecule has 1 aromatic rings. The van der Waals surface area contributed by atoms with Gasteiger partial charge in [-0.25, -0.2) is 4.79 Å². The van der Waals surface area contributed by atoms with Crippen LogP contribution < -0.4 is 18.1 Å². The van der Waals surface area contributed by atoms with Gasteiger partial charge in [0.2, 0.25) is 0 Å². The van der Waals surface area contributed by atoms with Crippen LogP contribution in [0.3, 0.4) is 0 Å². The summed E-state index contributed by atoms with van der Waals surface area (Å²) < 4.78 is 4.89. The van der Waals surface area contributed by atoms with Gasteiger partial charge in [-0.05, 0) is 18.9 Å². The van der Waals surface area contributed by atoms with E-state index in [4.69, 9.17) is 4.74 Å². The summed E-state index contributed by atoms with van der Waals surface area (Å²) in [6.45, 7) is 2.23. The van der Waals surface area contributed by atoms with Crippen LogP contribution in [0.4, 0.5) is 0 Å². The zero-order valence-corrected chi connectivity index (χ0v) is 10.2. The Morgan fingerprint density at radius 1 is 1.38 bits per heavy atom. The highest BCUT2D eigenvalue weighted by Gasteiger charge is 2.17. The van der Waals surface area contributed by atoms with Gasteiger partial charge < -0.3 is 22.9 Å². The minimum atomic E-state index is -0.259. The average molecular weight is 245 g/mol. The van der Waals surface area contributed by atoms with E-state index < -0.39 is 0 Å². The van der Waals surface area contributed by atoms with Crippen molar-refractivity contribution in [2.24, 2.45) is 0 Å². The maximum absolute atomic E-state index is 11.3. The maximum atomic E-state index is 11.3. The highest BCUT2D eigenvalue weighted by Crippen LogP contribution is 2.03. The standard InChI is InChI=1S/C12H17NO2.ClH/c1-2-15-12(14)11(13)9-8-10-6-4-3-5-7-10;/h3-7,11H,2,8-9,13H2,1H3;1H/i12+1;. The molecule has 0 heterocycles. The summed E-state index contributed by atoms with van der Waals surface area (Å²) in [5.74, 6) is -0.201. The Balaban J connectivity index is 0.00000225. The molecule has 1 unspecified atom stereocenters. The first kappa shape index (κ1) is 14.9. The van der Waals surface area contributed by atoms with Crippen LogP contribution in [0.1, 0.15) is 18.9 Å². The highest BCUT2D eigenvalue weighted by molar-refractivity contribution is 5.73. The summed E-state index contributed by atoms with van der Waals surface area (Å²) in [6.07, 6.45) is 1.61. The molecule has 0 spiro atoms. The van der Waals surface area contributed by atoms with Crippen LogP contribution in [-0.2, 0) is 16.0 Å². The fraction of sp³-hybridized carbons (Fsp3) is 0.417. The summed E-state index contributed by atoms with van der Waals surface area (Å²) in [7, 11) is 0. The van der Waals surface area contributed by atoms with E-state index in [2.05, 4.69) is 17.9 Å². The van der Waals surface area contributed by atoms with Crippen molar-refractivity contribution in [3.63, 3.8) is 0 Å². The van der Waals surface area contributed by atoms with Crippen molar-refractivity contribution in [3.05, 3.63) is 35.9 Å². The van der Waals surface area contributed by atoms with Crippen LogP contribution in [0, 0.1) is 0 Å². The van der Waals surface area contributed by atoms with E-state index in [0.717, 1.165) is 12.8 Å². The molecule has 0 aromatic heterocycles. The number of esters is 1. The van der Waals surface area contributed by atoms with E-state index >= 15 is 0 Å². The molecule has 3 N–H and O–H groups in total. The topological polar surface area (TPSA) is 53.9 Å². The summed E-state index contributed by atoms with van der Waals surface area (Å²) in [5.41, 5.74) is 5.03. The van der Waals surface area contributed by atoms with Crippen LogP contribution >= 0.6 is 0 Å². The molecule has 1 atom stereocenters. The zero-order chi connectivity index (χ0) is 11.1. The Kier molecular flexibility index (Phi) is 7.60. The fourth-order valence-electron chi connectivity index (χ4n) is 1.36. The molecule has 1 rings (SSSR count). The Morgan fingerprint density at radius 3 is 2.56 bits per heavy atom. The number of rotatable bonds is 5. The van der Waals surface area contributed by atoms with Gasteiger partial charge in [-0.15, -0.1) is 0 Å². The summed E-state index contributed by atoms with van der Waals surface area (Å²) in [6, 6.07) is 9.83. The van der Waals surface area contributed by atoms with Crippen LogP contribution in [-0.4, -0.2) is 18.6 Å².